The molecule has 0 saturated heterocycles. The molecule has 0 N–H and O–H groups in total. The zero-order chi connectivity index (χ0) is 44.0. The molecule has 1 saturated carbocycles. The van der Waals surface area contributed by atoms with Crippen LogP contribution in [0.2, 0.25) is 0 Å². The summed E-state index contributed by atoms with van der Waals surface area (Å²) in [5.41, 5.74) is 22.2. The van der Waals surface area contributed by atoms with Gasteiger partial charge in [0.1, 0.15) is 0 Å². The van der Waals surface area contributed by atoms with E-state index >= 15 is 0 Å². The van der Waals surface area contributed by atoms with Crippen LogP contribution in [0, 0.1) is 0 Å². The Labute approximate surface area is 388 Å². The van der Waals surface area contributed by atoms with Gasteiger partial charge in [-0.1, -0.05) is 215 Å². The first kappa shape index (κ1) is 38.9. The van der Waals surface area contributed by atoms with Gasteiger partial charge in [0, 0.05) is 27.8 Å². The SMILES string of the molecule is CC1(C)c2ccccc2-c2cccc(-c3ccccc3-c3ccc(N(c4ccc5c(c4)C4(CCCCC4)c4ccccc4-5)c4ccccc4-c4cccc5c4ccc4ccccc45)cc3)c21. The van der Waals surface area contributed by atoms with E-state index < -0.39 is 0 Å². The number of fused-ring (bicyclic) bond motifs is 11. The molecule has 316 valence electrons. The van der Waals surface area contributed by atoms with Gasteiger partial charge in [0.2, 0.25) is 0 Å². The molecule has 0 unspecified atom stereocenters. The molecule has 1 spiro atoms. The van der Waals surface area contributed by atoms with Crippen LogP contribution in [0.3, 0.4) is 0 Å². The van der Waals surface area contributed by atoms with Gasteiger partial charge in [0.15, 0.2) is 0 Å². The highest BCUT2D eigenvalue weighted by Gasteiger charge is 2.44. The van der Waals surface area contributed by atoms with E-state index in [1.54, 1.807) is 0 Å². The Hall–Kier alpha value is -7.48. The smallest absolute Gasteiger partial charge is 0.0540 e. The first-order valence-corrected chi connectivity index (χ1v) is 24.0. The van der Waals surface area contributed by atoms with Crippen LogP contribution in [0.1, 0.15) is 68.2 Å². The Kier molecular flexibility index (Phi) is 8.87. The Balaban J connectivity index is 0.985. The predicted molar refractivity (Wildman–Crippen MR) is 279 cm³/mol. The molecule has 3 aliphatic rings. The summed E-state index contributed by atoms with van der Waals surface area (Å²) in [7, 11) is 0. The maximum Gasteiger partial charge on any atom is 0.0540 e. The van der Waals surface area contributed by atoms with Crippen molar-refractivity contribution >= 4 is 38.6 Å². The molecule has 1 nitrogen and oxygen atoms in total. The van der Waals surface area contributed by atoms with E-state index in [4.69, 9.17) is 0 Å². The summed E-state index contributed by atoms with van der Waals surface area (Å²) in [6.07, 6.45) is 6.23. The second kappa shape index (κ2) is 15.0. The lowest BCUT2D eigenvalue weighted by Gasteiger charge is -2.37. The van der Waals surface area contributed by atoms with E-state index in [1.165, 1.54) is 143 Å². The van der Waals surface area contributed by atoms with Gasteiger partial charge in [-0.3, -0.25) is 0 Å². The van der Waals surface area contributed by atoms with Gasteiger partial charge in [-0.25, -0.2) is 0 Å². The lowest BCUT2D eigenvalue weighted by molar-refractivity contribution is 0.353. The van der Waals surface area contributed by atoms with E-state index in [2.05, 4.69) is 231 Å². The average molecular weight is 846 g/mol. The molecule has 10 aromatic rings. The van der Waals surface area contributed by atoms with Crippen molar-refractivity contribution in [1.82, 2.24) is 0 Å². The van der Waals surface area contributed by atoms with Crippen LogP contribution in [-0.4, -0.2) is 0 Å². The Morgan fingerprint density at radius 3 is 1.71 bits per heavy atom. The van der Waals surface area contributed by atoms with E-state index in [-0.39, 0.29) is 10.8 Å². The van der Waals surface area contributed by atoms with Crippen molar-refractivity contribution in [2.75, 3.05) is 4.90 Å². The highest BCUT2D eigenvalue weighted by Crippen LogP contribution is 2.58. The molecule has 0 aliphatic heterocycles. The third kappa shape index (κ3) is 5.79. The molecule has 3 aliphatic carbocycles. The second-order valence-electron chi connectivity index (χ2n) is 19.4. The van der Waals surface area contributed by atoms with Crippen molar-refractivity contribution in [1.29, 1.82) is 0 Å². The molecule has 0 bridgehead atoms. The molecule has 0 amide bonds. The number of hydrogen-bond donors (Lipinski definition) is 0. The minimum atomic E-state index is -0.113. The van der Waals surface area contributed by atoms with Crippen molar-refractivity contribution in [3.63, 3.8) is 0 Å². The number of nitrogens with zero attached hydrogens (tertiary/aromatic N) is 1. The molecule has 0 radical (unpaired) electrons. The van der Waals surface area contributed by atoms with Crippen LogP contribution in [-0.2, 0) is 10.8 Å². The van der Waals surface area contributed by atoms with Crippen molar-refractivity contribution in [3.05, 3.63) is 235 Å². The third-order valence-electron chi connectivity index (χ3n) is 15.7. The molecule has 0 atom stereocenters. The average Bonchev–Trinajstić information content (AvgIpc) is 3.78. The first-order valence-electron chi connectivity index (χ1n) is 24.0. The Morgan fingerprint density at radius 2 is 0.909 bits per heavy atom. The summed E-state index contributed by atoms with van der Waals surface area (Å²) in [4.78, 5) is 2.54. The van der Waals surface area contributed by atoms with Gasteiger partial charge in [-0.05, 0) is 137 Å². The zero-order valence-corrected chi connectivity index (χ0v) is 37.7. The summed E-state index contributed by atoms with van der Waals surface area (Å²) in [5.74, 6) is 0. The van der Waals surface area contributed by atoms with Crippen LogP contribution in [0.4, 0.5) is 17.1 Å². The van der Waals surface area contributed by atoms with Crippen LogP contribution in [0.25, 0.3) is 77.2 Å². The van der Waals surface area contributed by atoms with Gasteiger partial charge in [-0.2, -0.15) is 0 Å². The van der Waals surface area contributed by atoms with Gasteiger partial charge < -0.3 is 4.90 Å². The summed E-state index contributed by atoms with van der Waals surface area (Å²) in [6, 6.07) is 80.1. The molecule has 13 rings (SSSR count). The fourth-order valence-corrected chi connectivity index (χ4v) is 12.7. The molecule has 0 heterocycles. The van der Waals surface area contributed by atoms with Crippen molar-refractivity contribution in [2.45, 2.75) is 56.8 Å². The summed E-state index contributed by atoms with van der Waals surface area (Å²) in [5, 5.41) is 5.09. The Morgan fingerprint density at radius 1 is 0.348 bits per heavy atom. The van der Waals surface area contributed by atoms with E-state index in [0.717, 1.165) is 5.69 Å². The molecular formula is C65H51N. The third-order valence-corrected chi connectivity index (χ3v) is 15.7. The molecule has 66 heavy (non-hydrogen) atoms. The fraction of sp³-hybridized carbons (Fsp3) is 0.138. The number of hydrogen-bond acceptors (Lipinski definition) is 1. The maximum atomic E-state index is 2.56. The lowest BCUT2D eigenvalue weighted by Crippen LogP contribution is -2.28. The van der Waals surface area contributed by atoms with Crippen molar-refractivity contribution < 1.29 is 0 Å². The lowest BCUT2D eigenvalue weighted by atomic mass is 9.68. The Bertz CT molecular complexity index is 3550. The van der Waals surface area contributed by atoms with Crippen LogP contribution in [0.5, 0.6) is 0 Å². The zero-order valence-electron chi connectivity index (χ0n) is 37.7. The monoisotopic (exact) mass is 845 g/mol. The number of anilines is 3. The van der Waals surface area contributed by atoms with Gasteiger partial charge in [-0.15, -0.1) is 0 Å². The quantitative estimate of drug-likeness (QED) is 0.151. The van der Waals surface area contributed by atoms with E-state index in [1.807, 2.05) is 0 Å². The highest BCUT2D eigenvalue weighted by atomic mass is 15.1. The standard InChI is InChI=1S/C65H51N/c1-64(2)59-29-11-8-23-54(59)58-28-17-27-57(63(58)64)50-21-7-6-20-48(50)44-32-35-45(36-33-44)66(46-37-39-55-53-22-9-12-30-60(53)65(61(55)42-46)40-14-3-15-41-65)62-31-13-10-24-56(62)51-26-16-25-49-47-19-5-4-18-43(47)34-38-52(49)51/h4-13,16-39,42H,3,14-15,40-41H2,1-2H3. The van der Waals surface area contributed by atoms with E-state index in [9.17, 15) is 0 Å². The second-order valence-corrected chi connectivity index (χ2v) is 19.4. The van der Waals surface area contributed by atoms with Gasteiger partial charge in [0.05, 0.1) is 5.69 Å². The fourth-order valence-electron chi connectivity index (χ4n) is 12.7. The number of rotatable bonds is 6. The molecule has 0 aromatic heterocycles. The summed E-state index contributed by atoms with van der Waals surface area (Å²) in [6.45, 7) is 4.78. The van der Waals surface area contributed by atoms with Gasteiger partial charge in [0.25, 0.3) is 0 Å². The largest absolute Gasteiger partial charge is 0.310 e. The molecular weight excluding hydrogens is 795 g/mol. The molecule has 1 fully saturated rings. The predicted octanol–water partition coefficient (Wildman–Crippen LogP) is 18.0. The van der Waals surface area contributed by atoms with Crippen LogP contribution >= 0.6 is 0 Å². The van der Waals surface area contributed by atoms with Crippen LogP contribution < -0.4 is 4.90 Å². The minimum absolute atomic E-state index is 0.0448. The normalized spacial score (nSPS) is 15.1. The van der Waals surface area contributed by atoms with Gasteiger partial charge >= 0.3 is 0 Å². The minimum Gasteiger partial charge on any atom is -0.310 e. The van der Waals surface area contributed by atoms with Crippen LogP contribution in [0.15, 0.2) is 212 Å². The maximum absolute atomic E-state index is 2.56. The summed E-state index contributed by atoms with van der Waals surface area (Å²) >= 11 is 0. The first-order chi connectivity index (χ1) is 32.5. The number of para-hydroxylation sites is 1. The molecule has 10 aromatic carbocycles. The topological polar surface area (TPSA) is 3.24 Å². The number of benzene rings is 10. The molecule has 1 heteroatoms. The highest BCUT2D eigenvalue weighted by molar-refractivity contribution is 6.13. The van der Waals surface area contributed by atoms with Crippen molar-refractivity contribution in [2.24, 2.45) is 0 Å². The van der Waals surface area contributed by atoms with Crippen molar-refractivity contribution in [3.8, 4) is 55.6 Å². The summed E-state index contributed by atoms with van der Waals surface area (Å²) < 4.78 is 0. The van der Waals surface area contributed by atoms with E-state index in [0.29, 0.717) is 0 Å².